The maximum Gasteiger partial charge on any atom is 0.230 e. The van der Waals surface area contributed by atoms with E-state index in [4.69, 9.17) is 4.42 Å². The van der Waals surface area contributed by atoms with Gasteiger partial charge in [-0.1, -0.05) is 18.2 Å². The average Bonchev–Trinajstić information content (AvgIpc) is 3.21. The van der Waals surface area contributed by atoms with Gasteiger partial charge >= 0.3 is 0 Å². The number of piperidine rings is 1. The van der Waals surface area contributed by atoms with E-state index in [1.165, 1.54) is 5.56 Å². The molecule has 1 aromatic heterocycles. The van der Waals surface area contributed by atoms with Crippen molar-refractivity contribution in [2.75, 3.05) is 24.5 Å². The summed E-state index contributed by atoms with van der Waals surface area (Å²) in [6.45, 7) is 5.39. The van der Waals surface area contributed by atoms with Gasteiger partial charge in [-0.2, -0.15) is 0 Å². The Morgan fingerprint density at radius 1 is 1.25 bits per heavy atom. The second kappa shape index (κ2) is 6.40. The van der Waals surface area contributed by atoms with Crippen molar-refractivity contribution in [3.05, 3.63) is 47.7 Å². The Hall–Kier alpha value is -2.14. The highest BCUT2D eigenvalue weighted by Gasteiger charge is 2.32. The highest BCUT2D eigenvalue weighted by Crippen LogP contribution is 2.31. The molecule has 2 aliphatic rings. The summed E-state index contributed by atoms with van der Waals surface area (Å²) in [6.07, 6.45) is 4.56. The Morgan fingerprint density at radius 2 is 2.04 bits per heavy atom. The van der Waals surface area contributed by atoms with Crippen LogP contribution in [-0.4, -0.2) is 35.4 Å². The Morgan fingerprint density at radius 3 is 2.79 bits per heavy atom. The number of anilines is 1. The molecule has 24 heavy (non-hydrogen) atoms. The molecule has 0 radical (unpaired) electrons. The minimum Gasteiger partial charge on any atom is -0.449 e. The van der Waals surface area contributed by atoms with Gasteiger partial charge in [0.05, 0.1) is 5.69 Å². The first-order valence-electron chi connectivity index (χ1n) is 8.73. The third-order valence-electron chi connectivity index (χ3n) is 5.14. The third kappa shape index (κ3) is 2.96. The molecule has 0 unspecified atom stereocenters. The highest BCUT2D eigenvalue weighted by atomic mass is 16.3. The molecule has 0 bridgehead atoms. The van der Waals surface area contributed by atoms with E-state index < -0.39 is 0 Å². The van der Waals surface area contributed by atoms with Crippen LogP contribution in [0.2, 0.25) is 0 Å². The number of hydrogen-bond acceptors (Lipinski definition) is 4. The summed E-state index contributed by atoms with van der Waals surface area (Å²) < 4.78 is 5.27. The normalized spacial score (nSPS) is 18.8. The Labute approximate surface area is 142 Å². The lowest BCUT2D eigenvalue weighted by molar-refractivity contribution is -0.123. The van der Waals surface area contributed by atoms with Crippen LogP contribution < -0.4 is 4.90 Å². The predicted molar refractivity (Wildman–Crippen MR) is 91.7 cm³/mol. The van der Waals surface area contributed by atoms with Crippen LogP contribution in [0.25, 0.3) is 0 Å². The Kier molecular flexibility index (Phi) is 4.10. The van der Waals surface area contributed by atoms with Crippen LogP contribution in [0.3, 0.4) is 0 Å². The molecule has 3 heterocycles. The summed E-state index contributed by atoms with van der Waals surface area (Å²) in [5.41, 5.74) is 3.39. The number of aryl methyl sites for hydroxylation is 1. The van der Waals surface area contributed by atoms with Crippen molar-refractivity contribution in [3.63, 3.8) is 0 Å². The van der Waals surface area contributed by atoms with E-state index >= 15 is 0 Å². The molecule has 1 fully saturated rings. The molecule has 0 aliphatic carbocycles. The number of nitrogens with zero attached hydrogens (tertiary/aromatic N) is 3. The smallest absolute Gasteiger partial charge is 0.230 e. The second-order valence-electron chi connectivity index (χ2n) is 6.78. The number of oxazole rings is 1. The van der Waals surface area contributed by atoms with E-state index in [1.807, 2.05) is 17.9 Å². The molecule has 126 valence electrons. The van der Waals surface area contributed by atoms with Gasteiger partial charge in [-0.15, -0.1) is 0 Å². The van der Waals surface area contributed by atoms with Crippen molar-refractivity contribution >= 4 is 11.6 Å². The van der Waals surface area contributed by atoms with Crippen LogP contribution in [0.15, 0.2) is 34.9 Å². The van der Waals surface area contributed by atoms with Gasteiger partial charge in [0, 0.05) is 31.6 Å². The van der Waals surface area contributed by atoms with Crippen LogP contribution in [0.1, 0.15) is 30.0 Å². The molecule has 5 nitrogen and oxygen atoms in total. The molecule has 0 saturated carbocycles. The molecule has 0 atom stereocenters. The number of fused-ring (bicyclic) bond motifs is 1. The average molecular weight is 325 g/mol. The van der Waals surface area contributed by atoms with E-state index in [9.17, 15) is 4.79 Å². The van der Waals surface area contributed by atoms with Gasteiger partial charge in [-0.3, -0.25) is 9.69 Å². The largest absolute Gasteiger partial charge is 0.449 e. The first-order chi connectivity index (χ1) is 11.7. The Balaban J connectivity index is 1.35. The number of rotatable bonds is 3. The molecular formula is C19H23N3O2. The number of amides is 1. The molecule has 1 amide bonds. The molecule has 0 spiro atoms. The SMILES string of the molecule is Cc1nc(CN2CCC(C(=O)N3CCc4ccccc43)CC2)co1. The molecule has 0 N–H and O–H groups in total. The van der Waals surface area contributed by atoms with E-state index in [0.29, 0.717) is 11.8 Å². The lowest BCUT2D eigenvalue weighted by Crippen LogP contribution is -2.42. The quantitative estimate of drug-likeness (QED) is 0.871. The summed E-state index contributed by atoms with van der Waals surface area (Å²) in [6, 6.07) is 8.28. The van der Waals surface area contributed by atoms with Crippen LogP contribution in [0.4, 0.5) is 5.69 Å². The van der Waals surface area contributed by atoms with E-state index in [-0.39, 0.29) is 5.92 Å². The zero-order valence-electron chi connectivity index (χ0n) is 14.1. The molecule has 4 rings (SSSR count). The zero-order chi connectivity index (χ0) is 16.5. The molecule has 5 heteroatoms. The number of hydrogen-bond donors (Lipinski definition) is 0. The van der Waals surface area contributed by atoms with E-state index in [1.54, 1.807) is 6.26 Å². The first kappa shape index (κ1) is 15.4. The van der Waals surface area contributed by atoms with Gasteiger partial charge in [0.1, 0.15) is 6.26 Å². The van der Waals surface area contributed by atoms with Crippen LogP contribution >= 0.6 is 0 Å². The lowest BCUT2D eigenvalue weighted by Gasteiger charge is -2.32. The zero-order valence-corrected chi connectivity index (χ0v) is 14.1. The number of benzene rings is 1. The van der Waals surface area contributed by atoms with Gasteiger partial charge in [0.2, 0.25) is 5.91 Å². The number of carbonyl (C=O) groups is 1. The minimum absolute atomic E-state index is 0.145. The minimum atomic E-state index is 0.145. The third-order valence-corrected chi connectivity index (χ3v) is 5.14. The maximum absolute atomic E-state index is 12.9. The predicted octanol–water partition coefficient (Wildman–Crippen LogP) is 2.78. The molecule has 2 aliphatic heterocycles. The number of aromatic nitrogens is 1. The number of likely N-dealkylation sites (tertiary alicyclic amines) is 1. The summed E-state index contributed by atoms with van der Waals surface area (Å²) in [4.78, 5) is 21.6. The molecule has 2 aromatic rings. The highest BCUT2D eigenvalue weighted by molar-refractivity contribution is 5.97. The summed E-state index contributed by atoms with van der Waals surface area (Å²) in [5.74, 6) is 1.16. The van der Waals surface area contributed by atoms with E-state index in [2.05, 4.69) is 28.1 Å². The van der Waals surface area contributed by atoms with Crippen LogP contribution in [-0.2, 0) is 17.8 Å². The maximum atomic E-state index is 12.9. The topological polar surface area (TPSA) is 49.6 Å². The number of para-hydroxylation sites is 1. The van der Waals surface area contributed by atoms with Crippen LogP contribution in [0, 0.1) is 12.8 Å². The van der Waals surface area contributed by atoms with Gasteiger partial charge in [0.25, 0.3) is 0 Å². The van der Waals surface area contributed by atoms with E-state index in [0.717, 1.165) is 56.8 Å². The van der Waals surface area contributed by atoms with Crippen molar-refractivity contribution < 1.29 is 9.21 Å². The van der Waals surface area contributed by atoms with Crippen molar-refractivity contribution in [1.82, 2.24) is 9.88 Å². The summed E-state index contributed by atoms with van der Waals surface area (Å²) >= 11 is 0. The fourth-order valence-corrected chi connectivity index (χ4v) is 3.84. The molecule has 1 aromatic carbocycles. The van der Waals surface area contributed by atoms with Crippen molar-refractivity contribution in [3.8, 4) is 0 Å². The second-order valence-corrected chi connectivity index (χ2v) is 6.78. The molecule has 1 saturated heterocycles. The lowest BCUT2D eigenvalue weighted by atomic mass is 9.95. The fourth-order valence-electron chi connectivity index (χ4n) is 3.84. The van der Waals surface area contributed by atoms with Crippen molar-refractivity contribution in [1.29, 1.82) is 0 Å². The summed E-state index contributed by atoms with van der Waals surface area (Å²) in [7, 11) is 0. The van der Waals surface area contributed by atoms with Gasteiger partial charge < -0.3 is 9.32 Å². The number of carbonyl (C=O) groups excluding carboxylic acids is 1. The first-order valence-corrected chi connectivity index (χ1v) is 8.73. The van der Waals surface area contributed by atoms with Crippen molar-refractivity contribution in [2.24, 2.45) is 5.92 Å². The molecular weight excluding hydrogens is 302 g/mol. The van der Waals surface area contributed by atoms with Gasteiger partial charge in [0.15, 0.2) is 5.89 Å². The van der Waals surface area contributed by atoms with Gasteiger partial charge in [-0.25, -0.2) is 4.98 Å². The van der Waals surface area contributed by atoms with Crippen molar-refractivity contribution in [2.45, 2.75) is 32.7 Å². The standard InChI is InChI=1S/C19H23N3O2/c1-14-20-17(13-24-14)12-21-9-6-16(7-10-21)19(23)22-11-8-15-4-2-3-5-18(15)22/h2-5,13,16H,6-12H2,1H3. The van der Waals surface area contributed by atoms with Crippen LogP contribution in [0.5, 0.6) is 0 Å². The monoisotopic (exact) mass is 325 g/mol. The Bertz CT molecular complexity index is 732. The fraction of sp³-hybridized carbons (Fsp3) is 0.474. The van der Waals surface area contributed by atoms with Gasteiger partial charge in [-0.05, 0) is 44.0 Å². The summed E-state index contributed by atoms with van der Waals surface area (Å²) in [5, 5.41) is 0.